The number of hydrogen-bond acceptors (Lipinski definition) is 2. The highest BCUT2D eigenvalue weighted by molar-refractivity contribution is 5.83. The maximum atomic E-state index is 11.9. The first-order chi connectivity index (χ1) is 12.0. The molecule has 1 aromatic heterocycles. The van der Waals surface area contributed by atoms with Gasteiger partial charge in [0.05, 0.1) is 5.41 Å². The number of carboxylic acids is 1. The van der Waals surface area contributed by atoms with Crippen LogP contribution in [-0.4, -0.2) is 21.0 Å². The minimum absolute atomic E-state index is 0.00269. The SMILES string of the molecule is Cc1cnc(-c2ccc([C@H]3[C@H](c4ccccc4)[C@@]3(C)C(=O)O)cc2)[nH]1. The molecule has 1 fully saturated rings. The summed E-state index contributed by atoms with van der Waals surface area (Å²) in [6.45, 7) is 3.82. The molecule has 126 valence electrons. The summed E-state index contributed by atoms with van der Waals surface area (Å²) < 4.78 is 0. The molecular weight excluding hydrogens is 312 g/mol. The Kier molecular flexibility index (Phi) is 3.49. The standard InChI is InChI=1S/C21H20N2O2/c1-13-12-22-19(23-13)16-10-8-15(9-11-16)18-17(21(18,2)20(24)25)14-6-4-3-5-7-14/h3-12,17-18H,1-2H3,(H,22,23)(H,24,25)/t17-,18-,21+/m0/s1. The van der Waals surface area contributed by atoms with Gasteiger partial charge in [-0.25, -0.2) is 4.98 Å². The summed E-state index contributed by atoms with van der Waals surface area (Å²) in [7, 11) is 0. The van der Waals surface area contributed by atoms with Crippen molar-refractivity contribution < 1.29 is 9.90 Å². The summed E-state index contributed by atoms with van der Waals surface area (Å²) in [6, 6.07) is 18.0. The molecule has 4 heteroatoms. The topological polar surface area (TPSA) is 66.0 Å². The number of carboxylic acid groups (broad SMARTS) is 1. The zero-order valence-electron chi connectivity index (χ0n) is 14.2. The molecule has 0 unspecified atom stereocenters. The van der Waals surface area contributed by atoms with Crippen LogP contribution in [0, 0.1) is 12.3 Å². The highest BCUT2D eigenvalue weighted by Gasteiger charge is 2.67. The average molecular weight is 332 g/mol. The predicted octanol–water partition coefficient (Wildman–Crippen LogP) is 4.36. The van der Waals surface area contributed by atoms with Gasteiger partial charge in [-0.3, -0.25) is 4.79 Å². The molecule has 0 radical (unpaired) electrons. The van der Waals surface area contributed by atoms with E-state index in [0.717, 1.165) is 28.2 Å². The van der Waals surface area contributed by atoms with E-state index < -0.39 is 11.4 Å². The molecule has 2 aromatic carbocycles. The molecule has 0 bridgehead atoms. The van der Waals surface area contributed by atoms with Gasteiger partial charge >= 0.3 is 5.97 Å². The summed E-state index contributed by atoms with van der Waals surface area (Å²) in [4.78, 5) is 19.5. The van der Waals surface area contributed by atoms with Crippen molar-refractivity contribution >= 4 is 5.97 Å². The number of aromatic nitrogens is 2. The monoisotopic (exact) mass is 332 g/mol. The van der Waals surface area contributed by atoms with Crippen LogP contribution in [0.4, 0.5) is 0 Å². The molecule has 0 spiro atoms. The van der Waals surface area contributed by atoms with Crippen LogP contribution in [-0.2, 0) is 4.79 Å². The van der Waals surface area contributed by atoms with E-state index in [2.05, 4.69) is 9.97 Å². The Labute approximate surface area is 146 Å². The second kappa shape index (κ2) is 5.59. The summed E-state index contributed by atoms with van der Waals surface area (Å²) in [5, 5.41) is 9.80. The molecule has 1 saturated carbocycles. The molecule has 0 aliphatic heterocycles. The smallest absolute Gasteiger partial charge is 0.310 e. The van der Waals surface area contributed by atoms with Gasteiger partial charge in [0.25, 0.3) is 0 Å². The zero-order valence-corrected chi connectivity index (χ0v) is 14.2. The quantitative estimate of drug-likeness (QED) is 0.746. The molecule has 1 heterocycles. The number of aliphatic carboxylic acids is 1. The van der Waals surface area contributed by atoms with Crippen LogP contribution in [0.2, 0.25) is 0 Å². The Bertz CT molecular complexity index is 915. The van der Waals surface area contributed by atoms with Crippen LogP contribution in [0.3, 0.4) is 0 Å². The van der Waals surface area contributed by atoms with Gasteiger partial charge in [0.2, 0.25) is 0 Å². The largest absolute Gasteiger partial charge is 0.481 e. The van der Waals surface area contributed by atoms with E-state index in [-0.39, 0.29) is 11.8 Å². The lowest BCUT2D eigenvalue weighted by Gasteiger charge is -2.06. The van der Waals surface area contributed by atoms with Crippen LogP contribution in [0.1, 0.15) is 35.6 Å². The van der Waals surface area contributed by atoms with Crippen molar-refractivity contribution in [1.29, 1.82) is 0 Å². The predicted molar refractivity (Wildman–Crippen MR) is 96.4 cm³/mol. The molecule has 1 aliphatic rings. The first-order valence-electron chi connectivity index (χ1n) is 8.42. The number of imidazole rings is 1. The number of benzene rings is 2. The molecule has 3 aromatic rings. The molecule has 0 saturated heterocycles. The van der Waals surface area contributed by atoms with E-state index in [1.807, 2.05) is 68.4 Å². The van der Waals surface area contributed by atoms with E-state index in [4.69, 9.17) is 0 Å². The van der Waals surface area contributed by atoms with Crippen LogP contribution in [0.5, 0.6) is 0 Å². The van der Waals surface area contributed by atoms with Crippen molar-refractivity contribution in [3.05, 3.63) is 77.6 Å². The van der Waals surface area contributed by atoms with Gasteiger partial charge in [-0.05, 0) is 25.0 Å². The van der Waals surface area contributed by atoms with Crippen molar-refractivity contribution in [3.63, 3.8) is 0 Å². The third-order valence-corrected chi connectivity index (χ3v) is 5.38. The number of hydrogen-bond donors (Lipinski definition) is 2. The highest BCUT2D eigenvalue weighted by Crippen LogP contribution is 2.70. The number of aryl methyl sites for hydroxylation is 1. The Morgan fingerprint density at radius 3 is 2.16 bits per heavy atom. The number of nitrogens with zero attached hydrogens (tertiary/aromatic N) is 1. The Morgan fingerprint density at radius 2 is 1.64 bits per heavy atom. The van der Waals surface area contributed by atoms with Crippen LogP contribution in [0.15, 0.2) is 60.8 Å². The van der Waals surface area contributed by atoms with E-state index >= 15 is 0 Å². The molecule has 3 atom stereocenters. The Morgan fingerprint density at radius 1 is 1.04 bits per heavy atom. The van der Waals surface area contributed by atoms with Gasteiger partial charge in [0.1, 0.15) is 5.82 Å². The van der Waals surface area contributed by atoms with E-state index in [9.17, 15) is 9.90 Å². The normalized spacial score (nSPS) is 24.9. The summed E-state index contributed by atoms with van der Waals surface area (Å²) in [5.41, 5.74) is 3.41. The van der Waals surface area contributed by atoms with Crippen LogP contribution < -0.4 is 0 Å². The first kappa shape index (κ1) is 15.6. The fraction of sp³-hybridized carbons (Fsp3) is 0.238. The fourth-order valence-corrected chi connectivity index (χ4v) is 3.92. The number of nitrogens with one attached hydrogen (secondary N) is 1. The number of aromatic amines is 1. The second-order valence-electron chi connectivity index (χ2n) is 6.99. The van der Waals surface area contributed by atoms with Crippen LogP contribution in [0.25, 0.3) is 11.4 Å². The lowest BCUT2D eigenvalue weighted by atomic mass is 10.00. The van der Waals surface area contributed by atoms with Gasteiger partial charge in [-0.2, -0.15) is 0 Å². The van der Waals surface area contributed by atoms with Crippen molar-refractivity contribution in [2.24, 2.45) is 5.41 Å². The summed E-state index contributed by atoms with van der Waals surface area (Å²) >= 11 is 0. The van der Waals surface area contributed by atoms with Gasteiger partial charge in [-0.1, -0.05) is 54.6 Å². The van der Waals surface area contributed by atoms with Gasteiger partial charge in [0.15, 0.2) is 0 Å². The van der Waals surface area contributed by atoms with Crippen molar-refractivity contribution in [3.8, 4) is 11.4 Å². The lowest BCUT2D eigenvalue weighted by molar-refractivity contribution is -0.143. The van der Waals surface area contributed by atoms with Crippen molar-refractivity contribution in [1.82, 2.24) is 9.97 Å². The summed E-state index contributed by atoms with van der Waals surface area (Å²) in [6.07, 6.45) is 1.80. The van der Waals surface area contributed by atoms with Gasteiger partial charge in [-0.15, -0.1) is 0 Å². The number of H-pyrrole nitrogens is 1. The lowest BCUT2D eigenvalue weighted by Crippen LogP contribution is -2.14. The maximum absolute atomic E-state index is 11.9. The fourth-order valence-electron chi connectivity index (χ4n) is 3.92. The van der Waals surface area contributed by atoms with E-state index in [1.165, 1.54) is 0 Å². The third kappa shape index (κ3) is 2.45. The molecule has 4 rings (SSSR count). The Balaban J connectivity index is 1.67. The van der Waals surface area contributed by atoms with Gasteiger partial charge < -0.3 is 10.1 Å². The number of rotatable bonds is 4. The van der Waals surface area contributed by atoms with Crippen molar-refractivity contribution in [2.75, 3.05) is 0 Å². The maximum Gasteiger partial charge on any atom is 0.310 e. The number of carbonyl (C=O) groups is 1. The Hall–Kier alpha value is -2.88. The molecular formula is C21H20N2O2. The zero-order chi connectivity index (χ0) is 17.6. The molecule has 1 aliphatic carbocycles. The summed E-state index contributed by atoms with van der Waals surface area (Å²) in [5.74, 6) is 0.0836. The second-order valence-corrected chi connectivity index (χ2v) is 6.99. The minimum atomic E-state index is -0.760. The third-order valence-electron chi connectivity index (χ3n) is 5.38. The average Bonchev–Trinajstić information content (AvgIpc) is 3.04. The molecule has 2 N–H and O–H groups in total. The van der Waals surface area contributed by atoms with Crippen LogP contribution >= 0.6 is 0 Å². The first-order valence-corrected chi connectivity index (χ1v) is 8.42. The molecule has 4 nitrogen and oxygen atoms in total. The van der Waals surface area contributed by atoms with E-state index in [1.54, 1.807) is 6.20 Å². The van der Waals surface area contributed by atoms with Crippen molar-refractivity contribution in [2.45, 2.75) is 25.7 Å². The molecule has 0 amide bonds. The minimum Gasteiger partial charge on any atom is -0.481 e. The van der Waals surface area contributed by atoms with E-state index in [0.29, 0.717) is 0 Å². The van der Waals surface area contributed by atoms with Gasteiger partial charge in [0, 0.05) is 29.3 Å². The highest BCUT2D eigenvalue weighted by atomic mass is 16.4. The molecule has 25 heavy (non-hydrogen) atoms.